The number of sulfone groups is 1. The Morgan fingerprint density at radius 2 is 1.93 bits per heavy atom. The molecule has 0 aliphatic heterocycles. The van der Waals surface area contributed by atoms with Gasteiger partial charge in [0.05, 0.1) is 10.6 Å². The molecule has 1 aliphatic rings. The van der Waals surface area contributed by atoms with Crippen LogP contribution in [0.1, 0.15) is 26.2 Å². The number of nitrogens with zero attached hydrogens (tertiary/aromatic N) is 3. The maximum atomic E-state index is 12.1. The van der Waals surface area contributed by atoms with Crippen molar-refractivity contribution < 1.29 is 18.0 Å². The smallest absolute Gasteiger partial charge is 0.234 e. The van der Waals surface area contributed by atoms with Crippen LogP contribution < -0.4 is 10.2 Å². The van der Waals surface area contributed by atoms with E-state index in [4.69, 9.17) is 0 Å². The summed E-state index contributed by atoms with van der Waals surface area (Å²) in [5, 5.41) is 11.5. The molecule has 1 N–H and O–H groups in total. The van der Waals surface area contributed by atoms with Crippen LogP contribution in [0.3, 0.4) is 0 Å². The number of benzene rings is 1. The van der Waals surface area contributed by atoms with Crippen molar-refractivity contribution in [2.75, 3.05) is 22.2 Å². The average molecular weight is 441 g/mol. The monoisotopic (exact) mass is 440 g/mol. The Hall–Kier alpha value is -1.98. The number of hydrogen-bond donors (Lipinski definition) is 1. The first-order valence-corrected chi connectivity index (χ1v) is 12.4. The van der Waals surface area contributed by atoms with Gasteiger partial charge in [0.25, 0.3) is 0 Å². The van der Waals surface area contributed by atoms with Crippen LogP contribution in [0, 0.1) is 0 Å². The van der Waals surface area contributed by atoms with Crippen LogP contribution in [0.25, 0.3) is 0 Å². The molecule has 1 aromatic heterocycles. The molecule has 150 valence electrons. The summed E-state index contributed by atoms with van der Waals surface area (Å²) in [4.78, 5) is 26.1. The highest BCUT2D eigenvalue weighted by Gasteiger charge is 2.35. The zero-order valence-electron chi connectivity index (χ0n) is 15.4. The molecule has 11 heteroatoms. The van der Waals surface area contributed by atoms with Crippen molar-refractivity contribution in [3.05, 3.63) is 24.3 Å². The van der Waals surface area contributed by atoms with Crippen LogP contribution in [0.4, 0.5) is 10.8 Å². The molecule has 1 saturated carbocycles. The summed E-state index contributed by atoms with van der Waals surface area (Å²) in [6.07, 6.45) is 3.51. The molecule has 28 heavy (non-hydrogen) atoms. The van der Waals surface area contributed by atoms with E-state index in [-0.39, 0.29) is 28.5 Å². The molecule has 0 bridgehead atoms. The average Bonchev–Trinajstić information content (AvgIpc) is 3.37. The van der Waals surface area contributed by atoms with Gasteiger partial charge < -0.3 is 5.32 Å². The maximum absolute atomic E-state index is 12.1. The Bertz CT molecular complexity index is 969. The van der Waals surface area contributed by atoms with Crippen LogP contribution in [-0.2, 0) is 19.4 Å². The van der Waals surface area contributed by atoms with E-state index in [9.17, 15) is 18.0 Å². The molecule has 0 saturated heterocycles. The number of nitrogens with one attached hydrogen (secondary N) is 1. The number of hydrogen-bond acceptors (Lipinski definition) is 8. The fourth-order valence-corrected chi connectivity index (χ4v) is 4.80. The van der Waals surface area contributed by atoms with E-state index in [1.165, 1.54) is 35.2 Å². The normalized spacial score (nSPS) is 13.9. The number of carbonyl (C=O) groups is 2. The molecule has 0 atom stereocenters. The van der Waals surface area contributed by atoms with Gasteiger partial charge >= 0.3 is 0 Å². The van der Waals surface area contributed by atoms with Crippen LogP contribution in [0.2, 0.25) is 0 Å². The second-order valence-electron chi connectivity index (χ2n) is 6.33. The van der Waals surface area contributed by atoms with E-state index < -0.39 is 9.84 Å². The van der Waals surface area contributed by atoms with E-state index in [1.807, 2.05) is 6.92 Å². The van der Waals surface area contributed by atoms with Gasteiger partial charge in [0.15, 0.2) is 14.2 Å². The van der Waals surface area contributed by atoms with Crippen molar-refractivity contribution in [1.82, 2.24) is 10.2 Å². The Kier molecular flexibility index (Phi) is 6.36. The number of aromatic nitrogens is 2. The summed E-state index contributed by atoms with van der Waals surface area (Å²) in [6, 6.07) is 6.22. The molecule has 0 spiro atoms. The third-order valence-electron chi connectivity index (χ3n) is 3.98. The van der Waals surface area contributed by atoms with Gasteiger partial charge in [-0.3, -0.25) is 14.5 Å². The van der Waals surface area contributed by atoms with E-state index >= 15 is 0 Å². The number of carbonyl (C=O) groups excluding carboxylic acids is 2. The summed E-state index contributed by atoms with van der Waals surface area (Å²) < 4.78 is 23.5. The van der Waals surface area contributed by atoms with E-state index in [0.29, 0.717) is 21.6 Å². The van der Waals surface area contributed by atoms with Crippen LogP contribution in [-0.4, -0.2) is 48.5 Å². The van der Waals surface area contributed by atoms with Crippen molar-refractivity contribution in [2.45, 2.75) is 41.5 Å². The number of amides is 2. The first-order valence-electron chi connectivity index (χ1n) is 8.66. The Morgan fingerprint density at radius 1 is 1.25 bits per heavy atom. The Morgan fingerprint density at radius 3 is 2.50 bits per heavy atom. The van der Waals surface area contributed by atoms with Gasteiger partial charge in [-0.15, -0.1) is 10.2 Å². The van der Waals surface area contributed by atoms with E-state index in [2.05, 4.69) is 15.5 Å². The lowest BCUT2D eigenvalue weighted by Crippen LogP contribution is -2.32. The molecule has 2 amide bonds. The van der Waals surface area contributed by atoms with Crippen molar-refractivity contribution in [3.8, 4) is 0 Å². The minimum Gasteiger partial charge on any atom is -0.325 e. The molecule has 8 nitrogen and oxygen atoms in total. The van der Waals surface area contributed by atoms with Crippen LogP contribution in [0.15, 0.2) is 33.5 Å². The summed E-state index contributed by atoms with van der Waals surface area (Å²) >= 11 is 2.55. The van der Waals surface area contributed by atoms with Crippen LogP contribution >= 0.6 is 23.1 Å². The molecule has 0 unspecified atom stereocenters. The van der Waals surface area contributed by atoms with E-state index in [1.54, 1.807) is 17.0 Å². The summed E-state index contributed by atoms with van der Waals surface area (Å²) in [5.74, 6) is -0.0730. The maximum Gasteiger partial charge on any atom is 0.234 e. The van der Waals surface area contributed by atoms with Gasteiger partial charge in [0.2, 0.25) is 16.9 Å². The van der Waals surface area contributed by atoms with Crippen molar-refractivity contribution in [1.29, 1.82) is 0 Å². The van der Waals surface area contributed by atoms with E-state index in [0.717, 1.165) is 19.1 Å². The first-order chi connectivity index (χ1) is 13.3. The molecule has 3 rings (SSSR count). The molecule has 1 aromatic carbocycles. The molecule has 1 fully saturated rings. The summed E-state index contributed by atoms with van der Waals surface area (Å²) in [5.41, 5.74) is 0.518. The highest BCUT2D eigenvalue weighted by molar-refractivity contribution is 8.01. The Labute approximate surface area is 171 Å². The first kappa shape index (κ1) is 20.7. The summed E-state index contributed by atoms with van der Waals surface area (Å²) in [6.45, 7) is 1.82. The van der Waals surface area contributed by atoms with Gasteiger partial charge in [0, 0.05) is 24.4 Å². The molecule has 0 radical (unpaired) electrons. The minimum atomic E-state index is -3.27. The molecular formula is C17H20N4O4S3. The quantitative estimate of drug-likeness (QED) is 0.496. The van der Waals surface area contributed by atoms with Crippen molar-refractivity contribution in [2.24, 2.45) is 0 Å². The minimum absolute atomic E-state index is 0.0329. The predicted octanol–water partition coefficient (Wildman–Crippen LogP) is 2.58. The third kappa shape index (κ3) is 5.30. The zero-order chi connectivity index (χ0) is 20.3. The number of rotatable bonds is 8. The second-order valence-corrected chi connectivity index (χ2v) is 10.5. The van der Waals surface area contributed by atoms with Gasteiger partial charge in [-0.2, -0.15) is 0 Å². The lowest BCUT2D eigenvalue weighted by atomic mass is 10.3. The number of anilines is 2. The molecule has 2 aromatic rings. The van der Waals surface area contributed by atoms with Crippen molar-refractivity contribution in [3.63, 3.8) is 0 Å². The topological polar surface area (TPSA) is 109 Å². The van der Waals surface area contributed by atoms with Crippen LogP contribution in [0.5, 0.6) is 0 Å². The van der Waals surface area contributed by atoms with Crippen molar-refractivity contribution >= 4 is 55.6 Å². The highest BCUT2D eigenvalue weighted by atomic mass is 32.2. The SMILES string of the molecule is CCC(=O)N(c1nnc(SCC(=O)Nc2ccc(S(C)(=O)=O)cc2)s1)C1CC1. The zero-order valence-corrected chi connectivity index (χ0v) is 17.9. The Balaban J connectivity index is 1.55. The predicted molar refractivity (Wildman–Crippen MR) is 110 cm³/mol. The fourth-order valence-electron chi connectivity index (χ4n) is 2.44. The highest BCUT2D eigenvalue weighted by Crippen LogP contribution is 2.36. The lowest BCUT2D eigenvalue weighted by Gasteiger charge is -2.17. The third-order valence-corrected chi connectivity index (χ3v) is 7.16. The standard InChI is InChI=1S/C17H20N4O4S3/c1-3-15(23)21(12-6-7-12)16-19-20-17(27-16)26-10-14(22)18-11-4-8-13(9-5-11)28(2,24)25/h4-5,8-9,12H,3,6-7,10H2,1-2H3,(H,18,22). The van der Waals surface area contributed by atoms with Gasteiger partial charge in [-0.05, 0) is 37.1 Å². The molecule has 1 aliphatic carbocycles. The molecular weight excluding hydrogens is 420 g/mol. The van der Waals surface area contributed by atoms with Gasteiger partial charge in [0.1, 0.15) is 0 Å². The second kappa shape index (κ2) is 8.58. The number of thioether (sulfide) groups is 1. The fraction of sp³-hybridized carbons (Fsp3) is 0.412. The lowest BCUT2D eigenvalue weighted by molar-refractivity contribution is -0.118. The molecule has 1 heterocycles. The van der Waals surface area contributed by atoms with Gasteiger partial charge in [-0.1, -0.05) is 30.0 Å². The summed E-state index contributed by atoms with van der Waals surface area (Å²) in [7, 11) is -3.27. The largest absolute Gasteiger partial charge is 0.325 e. The van der Waals surface area contributed by atoms with Gasteiger partial charge in [-0.25, -0.2) is 8.42 Å².